The number of hydrogen-bond donors (Lipinski definition) is 2. The van der Waals surface area contributed by atoms with Crippen LogP contribution >= 0.6 is 0 Å². The van der Waals surface area contributed by atoms with E-state index in [0.29, 0.717) is 42.9 Å². The van der Waals surface area contributed by atoms with Gasteiger partial charge in [0.1, 0.15) is 35.3 Å². The number of aliphatic hydroxyl groups is 1. The summed E-state index contributed by atoms with van der Waals surface area (Å²) in [6.07, 6.45) is 11.5. The number of aliphatic hydroxyl groups excluding tert-OH is 1. The van der Waals surface area contributed by atoms with E-state index in [9.17, 15) is 19.0 Å². The van der Waals surface area contributed by atoms with Crippen molar-refractivity contribution >= 4 is 27.5 Å². The maximum atomic E-state index is 16.8. The van der Waals surface area contributed by atoms with Crippen LogP contribution < -0.4 is 9.64 Å². The lowest BCUT2D eigenvalue weighted by atomic mass is 9.75. The lowest BCUT2D eigenvalue weighted by Gasteiger charge is -2.46. The number of phenols is 1. The molecule has 2 N–H and O–H groups in total. The van der Waals surface area contributed by atoms with Gasteiger partial charge in [-0.1, -0.05) is 18.4 Å². The fraction of sp³-hybridized carbons (Fsp3) is 0.472. The molecule has 2 aliphatic heterocycles. The lowest BCUT2D eigenvalue weighted by molar-refractivity contribution is -0.0238. The highest BCUT2D eigenvalue weighted by molar-refractivity contribution is 6.03. The minimum atomic E-state index is -1.03. The predicted octanol–water partition coefficient (Wildman–Crippen LogP) is 5.38. The van der Waals surface area contributed by atoms with Crippen LogP contribution in [0.2, 0.25) is 0 Å². The van der Waals surface area contributed by atoms with Crippen molar-refractivity contribution in [1.82, 2.24) is 19.9 Å². The summed E-state index contributed by atoms with van der Waals surface area (Å²) in [6.45, 7) is 2.76. The largest absolute Gasteiger partial charge is 0.508 e. The molecule has 3 atom stereocenters. The number of hydrogen-bond acceptors (Lipinski definition) is 9. The fourth-order valence-corrected chi connectivity index (χ4v) is 7.98. The summed E-state index contributed by atoms with van der Waals surface area (Å²) in [5.41, 5.74) is -0.345. The molecule has 4 heterocycles. The third-order valence-corrected chi connectivity index (χ3v) is 10.1. The Hall–Kier alpha value is -4.18. The maximum Gasteiger partial charge on any atom is 0.319 e. The summed E-state index contributed by atoms with van der Waals surface area (Å²) in [4.78, 5) is 18.1. The highest BCUT2D eigenvalue weighted by Gasteiger charge is 2.48. The zero-order valence-electron chi connectivity index (χ0n) is 26.6. The molecule has 0 bridgehead atoms. The van der Waals surface area contributed by atoms with Gasteiger partial charge in [0.25, 0.3) is 0 Å². The molecule has 2 aromatic heterocycles. The number of fused-ring (bicyclic) bond motifs is 3. The molecule has 0 spiro atoms. The molecule has 9 nitrogen and oxygen atoms in total. The molecule has 2 saturated heterocycles. The number of likely N-dealkylation sites (tertiary alicyclic amines) is 1. The van der Waals surface area contributed by atoms with Crippen molar-refractivity contribution in [2.24, 2.45) is 5.41 Å². The van der Waals surface area contributed by atoms with Gasteiger partial charge in [-0.25, -0.2) is 13.2 Å². The van der Waals surface area contributed by atoms with Crippen LogP contribution in [0.25, 0.3) is 32.9 Å². The molecule has 252 valence electrons. The molecule has 0 amide bonds. The Balaban J connectivity index is 1.32. The number of aromatic hydroxyl groups is 1. The standard InChI is InChI=1S/C36H38F3N5O4/c1-2-25-28(38)8-7-22-16-23(45)17-26(30(22)25)32-31(39)33-27(19-40-32)34(43-12-5-14-47-15-13-43)42-35(41-33)48-21-36-9-3-6-29(36)44(11-4-10-36)20-24(46)18-37/h1,7-8,16-17,19,24,29,45-46H,3-6,9-15,18,20-21H2/t24-,29-,36-/m1/s1. The fourth-order valence-electron chi connectivity index (χ4n) is 7.98. The van der Waals surface area contributed by atoms with Crippen molar-refractivity contribution in [2.75, 3.05) is 57.6 Å². The van der Waals surface area contributed by atoms with Crippen molar-refractivity contribution in [1.29, 1.82) is 0 Å². The number of rotatable bonds is 8. The molecular weight excluding hydrogens is 623 g/mol. The van der Waals surface area contributed by atoms with E-state index in [1.807, 2.05) is 4.90 Å². The number of piperidine rings is 1. The van der Waals surface area contributed by atoms with E-state index in [1.54, 1.807) is 0 Å². The third kappa shape index (κ3) is 5.88. The number of β-amino-alcohol motifs (C(OH)–C–C–N with tert-alkyl or cyclic N) is 1. The normalized spacial score (nSPS) is 22.4. The zero-order chi connectivity index (χ0) is 33.4. The minimum Gasteiger partial charge on any atom is -0.508 e. The summed E-state index contributed by atoms with van der Waals surface area (Å²) in [5, 5.41) is 21.7. The third-order valence-electron chi connectivity index (χ3n) is 10.1. The van der Waals surface area contributed by atoms with Crippen LogP contribution in [-0.2, 0) is 4.74 Å². The SMILES string of the molecule is C#Cc1c(F)ccc2cc(O)cc(-c3ncc4c(N5CCCOCC5)nc(OC[C@]56CCC[C@H]5N(C[C@H](O)CF)CCC6)nc4c3F)c12. The van der Waals surface area contributed by atoms with Crippen molar-refractivity contribution in [3.05, 3.63) is 47.7 Å². The van der Waals surface area contributed by atoms with Crippen molar-refractivity contribution < 1.29 is 32.9 Å². The Morgan fingerprint density at radius 1 is 1.10 bits per heavy atom. The first-order chi connectivity index (χ1) is 23.3. The molecular formula is C36H38F3N5O4. The molecule has 3 fully saturated rings. The zero-order valence-corrected chi connectivity index (χ0v) is 26.6. The second-order valence-corrected chi connectivity index (χ2v) is 13.1. The molecule has 3 aliphatic rings. The molecule has 2 aromatic carbocycles. The number of terminal acetylenes is 1. The van der Waals surface area contributed by atoms with Crippen molar-refractivity contribution in [2.45, 2.75) is 50.7 Å². The highest BCUT2D eigenvalue weighted by atomic mass is 19.1. The Morgan fingerprint density at radius 2 is 1.96 bits per heavy atom. The van der Waals surface area contributed by atoms with Crippen molar-refractivity contribution in [3.63, 3.8) is 0 Å². The Kier molecular flexibility index (Phi) is 9.02. The van der Waals surface area contributed by atoms with Crippen LogP contribution in [0.1, 0.15) is 44.1 Å². The average Bonchev–Trinajstić information content (AvgIpc) is 3.34. The first-order valence-electron chi connectivity index (χ1n) is 16.5. The van der Waals surface area contributed by atoms with Gasteiger partial charge in [-0.2, -0.15) is 9.97 Å². The first kappa shape index (κ1) is 32.4. The van der Waals surface area contributed by atoms with E-state index in [-0.39, 0.29) is 64.1 Å². The summed E-state index contributed by atoms with van der Waals surface area (Å²) in [6, 6.07) is 5.57. The molecule has 1 saturated carbocycles. The van der Waals surface area contributed by atoms with Gasteiger partial charge in [0.2, 0.25) is 0 Å². The van der Waals surface area contributed by atoms with Gasteiger partial charge in [-0.3, -0.25) is 9.88 Å². The van der Waals surface area contributed by atoms with Crippen molar-refractivity contribution in [3.8, 4) is 35.4 Å². The van der Waals surface area contributed by atoms with E-state index in [2.05, 4.69) is 20.8 Å². The Morgan fingerprint density at radius 3 is 2.79 bits per heavy atom. The lowest BCUT2D eigenvalue weighted by Crippen LogP contribution is -2.54. The van der Waals surface area contributed by atoms with E-state index in [0.717, 1.165) is 45.1 Å². The molecule has 1 aliphatic carbocycles. The van der Waals surface area contributed by atoms with Gasteiger partial charge in [0.05, 0.1) is 30.3 Å². The van der Waals surface area contributed by atoms with Gasteiger partial charge < -0.3 is 24.6 Å². The number of halogens is 3. The summed E-state index contributed by atoms with van der Waals surface area (Å²) in [7, 11) is 0. The number of pyridine rings is 1. The molecule has 12 heteroatoms. The minimum absolute atomic E-state index is 0.00998. The van der Waals surface area contributed by atoms with Gasteiger partial charge in [0.15, 0.2) is 5.82 Å². The second-order valence-electron chi connectivity index (χ2n) is 13.1. The van der Waals surface area contributed by atoms with E-state index < -0.39 is 24.4 Å². The van der Waals surface area contributed by atoms with Gasteiger partial charge in [0, 0.05) is 54.8 Å². The number of phenolic OH excluding ortho intramolecular Hbond substituents is 1. The van der Waals surface area contributed by atoms with Crippen LogP contribution in [0.4, 0.5) is 19.0 Å². The molecule has 48 heavy (non-hydrogen) atoms. The summed E-state index contributed by atoms with van der Waals surface area (Å²) >= 11 is 0. The van der Waals surface area contributed by atoms with E-state index in [1.165, 1.54) is 30.5 Å². The quantitative estimate of drug-likeness (QED) is 0.241. The number of aromatic nitrogens is 3. The van der Waals surface area contributed by atoms with Gasteiger partial charge in [-0.15, -0.1) is 6.42 Å². The monoisotopic (exact) mass is 661 g/mol. The van der Waals surface area contributed by atoms with Crippen LogP contribution in [0, 0.1) is 29.4 Å². The summed E-state index contributed by atoms with van der Waals surface area (Å²) < 4.78 is 57.0. The number of anilines is 1. The van der Waals surface area contributed by atoms with Crippen LogP contribution in [0.3, 0.4) is 0 Å². The first-order valence-corrected chi connectivity index (χ1v) is 16.5. The number of benzene rings is 2. The van der Waals surface area contributed by atoms with E-state index >= 15 is 4.39 Å². The van der Waals surface area contributed by atoms with Gasteiger partial charge in [-0.05, 0) is 62.2 Å². The topological polar surface area (TPSA) is 104 Å². The highest BCUT2D eigenvalue weighted by Crippen LogP contribution is 2.48. The Bertz CT molecular complexity index is 1880. The molecule has 7 rings (SSSR count). The average molecular weight is 662 g/mol. The Labute approximate surface area is 276 Å². The predicted molar refractivity (Wildman–Crippen MR) is 176 cm³/mol. The smallest absolute Gasteiger partial charge is 0.319 e. The maximum absolute atomic E-state index is 16.8. The number of nitrogens with zero attached hydrogens (tertiary/aromatic N) is 5. The number of alkyl halides is 1. The summed E-state index contributed by atoms with van der Waals surface area (Å²) in [5.74, 6) is 1.24. The van der Waals surface area contributed by atoms with Crippen LogP contribution in [0.5, 0.6) is 11.8 Å². The molecule has 0 radical (unpaired) electrons. The van der Waals surface area contributed by atoms with Crippen LogP contribution in [0.15, 0.2) is 30.5 Å². The van der Waals surface area contributed by atoms with E-state index in [4.69, 9.17) is 20.9 Å². The molecule has 0 unspecified atom stereocenters. The molecule has 4 aromatic rings. The van der Waals surface area contributed by atoms with Gasteiger partial charge >= 0.3 is 6.01 Å². The number of ether oxygens (including phenoxy) is 2. The van der Waals surface area contributed by atoms with Crippen LogP contribution in [-0.4, -0.2) is 94.9 Å². The second kappa shape index (κ2) is 13.4.